The molecule has 0 aromatic heterocycles. The number of quaternary nitrogens is 1. The largest absolute Gasteiger partial charge is 0.756 e. The van der Waals surface area contributed by atoms with Gasteiger partial charge in [-0.25, -0.2) is 0 Å². The summed E-state index contributed by atoms with van der Waals surface area (Å²) < 4.78 is 32.2. The van der Waals surface area contributed by atoms with Crippen molar-refractivity contribution in [2.24, 2.45) is 0 Å². The third-order valence-electron chi connectivity index (χ3n) is 6.83. The second kappa shape index (κ2) is 30.5. The van der Waals surface area contributed by atoms with Crippen LogP contribution in [0.1, 0.15) is 142 Å². The number of phosphoric ester groups is 1. The highest BCUT2D eigenvalue weighted by atomic mass is 31.2. The van der Waals surface area contributed by atoms with E-state index >= 15 is 0 Å². The van der Waals surface area contributed by atoms with Crippen molar-refractivity contribution >= 4 is 19.8 Å². The van der Waals surface area contributed by atoms with Crippen molar-refractivity contribution in [2.45, 2.75) is 148 Å². The fourth-order valence-electron chi connectivity index (χ4n) is 4.27. The third-order valence-corrected chi connectivity index (χ3v) is 7.79. The summed E-state index contributed by atoms with van der Waals surface area (Å²) >= 11 is 0. The molecule has 0 aliphatic rings. The smallest absolute Gasteiger partial charge is 0.306 e. The number of ether oxygens (including phenoxy) is 2. The Morgan fingerprint density at radius 1 is 0.674 bits per heavy atom. The zero-order chi connectivity index (χ0) is 31.9. The van der Waals surface area contributed by atoms with Crippen LogP contribution in [0.15, 0.2) is 24.3 Å². The van der Waals surface area contributed by atoms with E-state index in [1.165, 1.54) is 51.4 Å². The molecule has 0 aliphatic carbocycles. The zero-order valence-electron chi connectivity index (χ0n) is 27.3. The molecule has 0 saturated heterocycles. The second-order valence-corrected chi connectivity index (χ2v) is 12.5. The summed E-state index contributed by atoms with van der Waals surface area (Å²) in [6, 6.07) is 0. The van der Waals surface area contributed by atoms with E-state index in [-0.39, 0.29) is 32.6 Å². The second-order valence-electron chi connectivity index (χ2n) is 11.1. The van der Waals surface area contributed by atoms with Crippen molar-refractivity contribution in [1.82, 2.24) is 0 Å². The number of rotatable bonds is 31. The van der Waals surface area contributed by atoms with Crippen molar-refractivity contribution in [3.63, 3.8) is 0 Å². The highest BCUT2D eigenvalue weighted by Gasteiger charge is 2.21. The van der Waals surface area contributed by atoms with Crippen molar-refractivity contribution < 1.29 is 43.3 Å². The summed E-state index contributed by atoms with van der Waals surface area (Å²) in [4.78, 5) is 36.6. The van der Waals surface area contributed by atoms with Crippen LogP contribution in [0.2, 0.25) is 0 Å². The van der Waals surface area contributed by atoms with Gasteiger partial charge in [0, 0.05) is 12.8 Å². The van der Waals surface area contributed by atoms with Crippen LogP contribution in [0.3, 0.4) is 0 Å². The van der Waals surface area contributed by atoms with Crippen molar-refractivity contribution in [2.75, 3.05) is 26.4 Å². The van der Waals surface area contributed by atoms with Crippen LogP contribution >= 0.6 is 7.82 Å². The monoisotopic (exact) mass is 631 g/mol. The van der Waals surface area contributed by atoms with E-state index in [9.17, 15) is 19.0 Å². The molecular formula is C33H62NO8P. The van der Waals surface area contributed by atoms with Gasteiger partial charge in [0.15, 0.2) is 6.10 Å². The lowest BCUT2D eigenvalue weighted by Gasteiger charge is -2.25. The Hall–Kier alpha value is -1.51. The fraction of sp³-hybridized carbons (Fsp3) is 0.818. The number of carbonyl (C=O) groups excluding carboxylic acids is 2. The molecule has 0 saturated carbocycles. The Balaban J connectivity index is 4.35. The van der Waals surface area contributed by atoms with Gasteiger partial charge in [-0.2, -0.15) is 0 Å². The lowest BCUT2D eigenvalue weighted by molar-refractivity contribution is -0.373. The maximum absolute atomic E-state index is 12.4. The molecule has 0 fully saturated rings. The van der Waals surface area contributed by atoms with E-state index in [1.54, 1.807) is 0 Å². The molecule has 10 heteroatoms. The Morgan fingerprint density at radius 2 is 1.14 bits per heavy atom. The molecule has 3 N–H and O–H groups in total. The van der Waals surface area contributed by atoms with Crippen LogP contribution in [-0.4, -0.2) is 44.4 Å². The Labute approximate surface area is 261 Å². The molecule has 0 heterocycles. The minimum absolute atomic E-state index is 0.108. The average Bonchev–Trinajstić information content (AvgIpc) is 2.99. The first kappa shape index (κ1) is 41.5. The summed E-state index contributed by atoms with van der Waals surface area (Å²) in [7, 11) is -4.58. The Kier molecular flexibility index (Phi) is 29.4. The number of carbonyl (C=O) groups is 2. The molecule has 0 spiro atoms. The van der Waals surface area contributed by atoms with Crippen LogP contribution in [-0.2, 0) is 32.7 Å². The summed E-state index contributed by atoms with van der Waals surface area (Å²) in [6.07, 6.45) is 27.8. The first-order valence-corrected chi connectivity index (χ1v) is 18.3. The van der Waals surface area contributed by atoms with Crippen molar-refractivity contribution in [3.05, 3.63) is 24.3 Å². The van der Waals surface area contributed by atoms with Crippen LogP contribution in [0.4, 0.5) is 0 Å². The molecule has 43 heavy (non-hydrogen) atoms. The van der Waals surface area contributed by atoms with Crippen molar-refractivity contribution in [3.8, 4) is 0 Å². The first-order chi connectivity index (χ1) is 20.8. The predicted octanol–water partition coefficient (Wildman–Crippen LogP) is 7.14. The number of unbranched alkanes of at least 4 members (excludes halogenated alkanes) is 14. The molecule has 9 nitrogen and oxygen atoms in total. The molecule has 1 unspecified atom stereocenters. The van der Waals surface area contributed by atoms with Gasteiger partial charge in [-0.15, -0.1) is 0 Å². The molecule has 252 valence electrons. The van der Waals surface area contributed by atoms with Crippen LogP contribution in [0.5, 0.6) is 0 Å². The molecule has 0 aromatic carbocycles. The van der Waals surface area contributed by atoms with E-state index in [0.29, 0.717) is 12.8 Å². The minimum atomic E-state index is -4.58. The van der Waals surface area contributed by atoms with E-state index in [1.807, 2.05) is 0 Å². The number of phosphoric acid groups is 1. The summed E-state index contributed by atoms with van der Waals surface area (Å²) in [5.74, 6) is -0.890. The molecule has 0 rings (SSSR count). The van der Waals surface area contributed by atoms with E-state index in [4.69, 9.17) is 14.0 Å². The molecule has 2 atom stereocenters. The summed E-state index contributed by atoms with van der Waals surface area (Å²) in [5.41, 5.74) is 3.53. The lowest BCUT2D eigenvalue weighted by Crippen LogP contribution is -2.52. The molecule has 0 bridgehead atoms. The first-order valence-electron chi connectivity index (χ1n) is 16.9. The van der Waals surface area contributed by atoms with Gasteiger partial charge in [-0.05, 0) is 64.2 Å². The molecule has 0 aliphatic heterocycles. The maximum atomic E-state index is 12.4. The Bertz CT molecular complexity index is 774. The highest BCUT2D eigenvalue weighted by molar-refractivity contribution is 7.45. The molecule has 0 aromatic rings. The number of hydrogen-bond donors (Lipinski definition) is 1. The van der Waals surface area contributed by atoms with Gasteiger partial charge in [0.05, 0.1) is 13.2 Å². The van der Waals surface area contributed by atoms with Gasteiger partial charge in [0.1, 0.15) is 13.2 Å². The number of allylic oxidation sites excluding steroid dienone is 4. The van der Waals surface area contributed by atoms with Gasteiger partial charge in [0.2, 0.25) is 0 Å². The quantitative estimate of drug-likeness (QED) is 0.0369. The number of hydrogen-bond acceptors (Lipinski definition) is 8. The normalized spacial score (nSPS) is 13.9. The molecule has 0 amide bonds. The van der Waals surface area contributed by atoms with Crippen molar-refractivity contribution in [1.29, 1.82) is 0 Å². The van der Waals surface area contributed by atoms with Gasteiger partial charge < -0.3 is 29.1 Å². The van der Waals surface area contributed by atoms with Gasteiger partial charge in [0.25, 0.3) is 7.82 Å². The summed E-state index contributed by atoms with van der Waals surface area (Å²) in [5, 5.41) is 0. The van der Waals surface area contributed by atoms with E-state index in [2.05, 4.69) is 48.4 Å². The predicted molar refractivity (Wildman–Crippen MR) is 170 cm³/mol. The van der Waals surface area contributed by atoms with Crippen LogP contribution in [0.25, 0.3) is 0 Å². The van der Waals surface area contributed by atoms with Crippen LogP contribution < -0.4 is 10.6 Å². The van der Waals surface area contributed by atoms with E-state index in [0.717, 1.165) is 51.4 Å². The highest BCUT2D eigenvalue weighted by Crippen LogP contribution is 2.38. The summed E-state index contributed by atoms with van der Waals surface area (Å²) in [6.45, 7) is 3.82. The fourth-order valence-corrected chi connectivity index (χ4v) is 5.05. The van der Waals surface area contributed by atoms with Gasteiger partial charge in [-0.3, -0.25) is 14.2 Å². The Morgan fingerprint density at radius 3 is 1.60 bits per heavy atom. The topological polar surface area (TPSA) is 139 Å². The maximum Gasteiger partial charge on any atom is 0.306 e. The molecule has 0 radical (unpaired) electrons. The zero-order valence-corrected chi connectivity index (χ0v) is 28.2. The van der Waals surface area contributed by atoms with E-state index < -0.39 is 32.5 Å². The third kappa shape index (κ3) is 30.3. The standard InChI is InChI=1S/C33H62NO8P/c1-3-5-7-9-11-13-15-17-19-21-23-25-32(35)39-29-31(30-41-43(37,38)40-28-27-34)42-33(36)26-24-22-20-18-16-14-12-10-8-6-4-2/h13-16,31H,3-12,17-30,34H2,1-2H3,(H,37,38)/b15-13-,16-14-/t31-/m1/s1. The lowest BCUT2D eigenvalue weighted by atomic mass is 10.1. The van der Waals surface area contributed by atoms with Gasteiger partial charge in [-0.1, -0.05) is 89.5 Å². The minimum Gasteiger partial charge on any atom is -0.756 e. The molecular weight excluding hydrogens is 569 g/mol. The van der Waals surface area contributed by atoms with Gasteiger partial charge >= 0.3 is 11.9 Å². The average molecular weight is 632 g/mol. The number of esters is 2. The van der Waals surface area contributed by atoms with Crippen LogP contribution in [0, 0.1) is 0 Å². The SMILES string of the molecule is CCCCCC/C=C\CCCCCC(=O)OC[C@H](COP(=O)([O-])OCC[NH3+])OC(=O)CCCCC/C=C\CCCCCC.